The first-order chi connectivity index (χ1) is 9.76. The van der Waals surface area contributed by atoms with Crippen LogP contribution in [0, 0.1) is 0 Å². The van der Waals surface area contributed by atoms with Gasteiger partial charge in [0.15, 0.2) is 0 Å². The van der Waals surface area contributed by atoms with Gasteiger partial charge >= 0.3 is 6.09 Å². The van der Waals surface area contributed by atoms with Crippen molar-refractivity contribution in [3.63, 3.8) is 0 Å². The third-order valence-electron chi connectivity index (χ3n) is 2.62. The highest BCUT2D eigenvalue weighted by molar-refractivity contribution is 9.10. The highest BCUT2D eigenvalue weighted by Gasteiger charge is 2.16. The van der Waals surface area contributed by atoms with Gasteiger partial charge < -0.3 is 19.5 Å². The third-order valence-corrected chi connectivity index (χ3v) is 3.24. The van der Waals surface area contributed by atoms with Crippen LogP contribution in [-0.2, 0) is 11.2 Å². The minimum Gasteiger partial charge on any atom is -0.496 e. The van der Waals surface area contributed by atoms with E-state index in [9.17, 15) is 4.79 Å². The zero-order valence-corrected chi connectivity index (χ0v) is 14.7. The number of hydrogen-bond acceptors (Lipinski definition) is 4. The van der Waals surface area contributed by atoms with Crippen molar-refractivity contribution >= 4 is 22.0 Å². The Morgan fingerprint density at radius 1 is 1.19 bits per heavy atom. The van der Waals surface area contributed by atoms with Crippen molar-refractivity contribution in [2.24, 2.45) is 0 Å². The number of benzene rings is 1. The first-order valence-electron chi connectivity index (χ1n) is 6.64. The molecule has 1 rings (SSSR count). The second-order valence-corrected chi connectivity index (χ2v) is 6.33. The number of halogens is 1. The molecular formula is C15H22BrNO4. The maximum atomic E-state index is 11.6. The number of carbonyl (C=O) groups excluding carboxylic acids is 1. The zero-order valence-electron chi connectivity index (χ0n) is 13.1. The van der Waals surface area contributed by atoms with Crippen LogP contribution in [0.3, 0.4) is 0 Å². The summed E-state index contributed by atoms with van der Waals surface area (Å²) in [5, 5.41) is 2.72. The van der Waals surface area contributed by atoms with Gasteiger partial charge in [-0.3, -0.25) is 0 Å². The van der Waals surface area contributed by atoms with E-state index < -0.39 is 11.7 Å². The van der Waals surface area contributed by atoms with Gasteiger partial charge in [0.1, 0.15) is 17.1 Å². The van der Waals surface area contributed by atoms with E-state index in [-0.39, 0.29) is 0 Å². The first-order valence-corrected chi connectivity index (χ1v) is 7.43. The zero-order chi connectivity index (χ0) is 16.0. The summed E-state index contributed by atoms with van der Waals surface area (Å²) >= 11 is 3.41. The summed E-state index contributed by atoms with van der Waals surface area (Å²) in [6.45, 7) is 5.94. The van der Waals surface area contributed by atoms with E-state index in [1.54, 1.807) is 14.2 Å². The molecule has 0 fully saturated rings. The minimum absolute atomic E-state index is 0.425. The van der Waals surface area contributed by atoms with Crippen LogP contribution in [0.1, 0.15) is 26.3 Å². The van der Waals surface area contributed by atoms with Crippen molar-refractivity contribution in [1.82, 2.24) is 5.32 Å². The molecule has 0 spiro atoms. The Labute approximate surface area is 134 Å². The summed E-state index contributed by atoms with van der Waals surface area (Å²) in [4.78, 5) is 11.6. The molecule has 0 radical (unpaired) electrons. The average molecular weight is 360 g/mol. The largest absolute Gasteiger partial charge is 0.496 e. The van der Waals surface area contributed by atoms with Crippen LogP contribution in [0.4, 0.5) is 4.79 Å². The maximum Gasteiger partial charge on any atom is 0.407 e. The summed E-state index contributed by atoms with van der Waals surface area (Å²) < 4.78 is 16.6. The lowest BCUT2D eigenvalue weighted by Crippen LogP contribution is -2.33. The van der Waals surface area contributed by atoms with E-state index in [1.165, 1.54) is 0 Å². The van der Waals surface area contributed by atoms with Gasteiger partial charge in [-0.1, -0.05) is 0 Å². The fourth-order valence-corrected chi connectivity index (χ4v) is 2.22. The van der Waals surface area contributed by atoms with Gasteiger partial charge in [-0.25, -0.2) is 4.79 Å². The lowest BCUT2D eigenvalue weighted by Gasteiger charge is -2.19. The van der Waals surface area contributed by atoms with Crippen LogP contribution in [0.15, 0.2) is 16.6 Å². The molecule has 0 aliphatic rings. The molecule has 0 atom stereocenters. The second-order valence-electron chi connectivity index (χ2n) is 5.48. The summed E-state index contributed by atoms with van der Waals surface area (Å²) in [5.41, 5.74) is 0.455. The number of hydrogen-bond donors (Lipinski definition) is 1. The molecule has 0 heterocycles. The van der Waals surface area contributed by atoms with Gasteiger partial charge in [-0.2, -0.15) is 0 Å². The normalized spacial score (nSPS) is 11.0. The van der Waals surface area contributed by atoms with Crippen molar-refractivity contribution in [3.05, 3.63) is 22.2 Å². The molecule has 1 aromatic carbocycles. The quantitative estimate of drug-likeness (QED) is 0.873. The molecule has 1 amide bonds. The van der Waals surface area contributed by atoms with Crippen LogP contribution in [0.5, 0.6) is 11.5 Å². The van der Waals surface area contributed by atoms with Gasteiger partial charge in [-0.15, -0.1) is 0 Å². The van der Waals surface area contributed by atoms with E-state index >= 15 is 0 Å². The summed E-state index contributed by atoms with van der Waals surface area (Å²) in [5.74, 6) is 1.47. The smallest absolute Gasteiger partial charge is 0.407 e. The predicted octanol–water partition coefficient (Wildman–Crippen LogP) is 3.53. The SMILES string of the molecule is COc1cc(CCNC(=O)OC(C)(C)C)c(OC)cc1Br. The van der Waals surface area contributed by atoms with E-state index in [2.05, 4.69) is 21.2 Å². The highest BCUT2D eigenvalue weighted by atomic mass is 79.9. The van der Waals surface area contributed by atoms with Crippen molar-refractivity contribution in [1.29, 1.82) is 0 Å². The van der Waals surface area contributed by atoms with Crippen LogP contribution in [0.25, 0.3) is 0 Å². The number of rotatable bonds is 5. The van der Waals surface area contributed by atoms with Crippen LogP contribution >= 0.6 is 15.9 Å². The van der Waals surface area contributed by atoms with Crippen LogP contribution < -0.4 is 14.8 Å². The molecule has 0 aliphatic carbocycles. The lowest BCUT2D eigenvalue weighted by molar-refractivity contribution is 0.0528. The summed E-state index contributed by atoms with van der Waals surface area (Å²) in [6, 6.07) is 3.74. The van der Waals surface area contributed by atoms with Gasteiger partial charge in [0.2, 0.25) is 0 Å². The van der Waals surface area contributed by atoms with Gasteiger partial charge in [0, 0.05) is 6.54 Å². The Balaban J connectivity index is 2.65. The lowest BCUT2D eigenvalue weighted by atomic mass is 10.1. The molecular weight excluding hydrogens is 338 g/mol. The van der Waals surface area contributed by atoms with Crippen LogP contribution in [-0.4, -0.2) is 32.5 Å². The maximum absolute atomic E-state index is 11.6. The Morgan fingerprint density at radius 2 is 1.81 bits per heavy atom. The Hall–Kier alpha value is -1.43. The molecule has 0 saturated heterocycles. The number of nitrogens with one attached hydrogen (secondary N) is 1. The molecule has 0 aliphatic heterocycles. The molecule has 6 heteroatoms. The number of carbonyl (C=O) groups is 1. The molecule has 1 aromatic rings. The van der Waals surface area contributed by atoms with Gasteiger partial charge in [-0.05, 0) is 60.8 Å². The Bertz CT molecular complexity index is 497. The van der Waals surface area contributed by atoms with Crippen molar-refractivity contribution in [3.8, 4) is 11.5 Å². The van der Waals surface area contributed by atoms with Crippen LogP contribution in [0.2, 0.25) is 0 Å². The molecule has 21 heavy (non-hydrogen) atoms. The molecule has 0 aromatic heterocycles. The van der Waals surface area contributed by atoms with E-state index in [0.29, 0.717) is 13.0 Å². The Kier molecular flexibility index (Phi) is 6.33. The van der Waals surface area contributed by atoms with E-state index in [0.717, 1.165) is 21.5 Å². The molecule has 0 unspecified atom stereocenters. The Morgan fingerprint density at radius 3 is 2.33 bits per heavy atom. The predicted molar refractivity (Wildman–Crippen MR) is 85.2 cm³/mol. The average Bonchev–Trinajstić information content (AvgIpc) is 2.37. The number of alkyl carbamates (subject to hydrolysis) is 1. The molecule has 118 valence electrons. The number of amides is 1. The number of methoxy groups -OCH3 is 2. The fraction of sp³-hybridized carbons (Fsp3) is 0.533. The van der Waals surface area contributed by atoms with Crippen molar-refractivity contribution < 1.29 is 19.0 Å². The minimum atomic E-state index is -0.497. The first kappa shape index (κ1) is 17.6. The summed E-state index contributed by atoms with van der Waals surface area (Å²) in [7, 11) is 3.22. The molecule has 0 saturated carbocycles. The molecule has 0 bridgehead atoms. The topological polar surface area (TPSA) is 56.8 Å². The number of ether oxygens (including phenoxy) is 3. The van der Waals surface area contributed by atoms with Crippen molar-refractivity contribution in [2.45, 2.75) is 32.8 Å². The third kappa shape index (κ3) is 5.83. The second kappa shape index (κ2) is 7.54. The van der Waals surface area contributed by atoms with E-state index in [4.69, 9.17) is 14.2 Å². The summed E-state index contributed by atoms with van der Waals surface area (Å²) in [6.07, 6.45) is 0.192. The van der Waals surface area contributed by atoms with Crippen molar-refractivity contribution in [2.75, 3.05) is 20.8 Å². The van der Waals surface area contributed by atoms with E-state index in [1.807, 2.05) is 32.9 Å². The van der Waals surface area contributed by atoms with Gasteiger partial charge in [0.25, 0.3) is 0 Å². The molecule has 1 N–H and O–H groups in total. The monoisotopic (exact) mass is 359 g/mol. The van der Waals surface area contributed by atoms with Gasteiger partial charge in [0.05, 0.1) is 18.7 Å². The molecule has 5 nitrogen and oxygen atoms in total. The highest BCUT2D eigenvalue weighted by Crippen LogP contribution is 2.32. The standard InChI is InChI=1S/C15H22BrNO4/c1-15(2,3)21-14(18)17-7-6-10-8-13(20-5)11(16)9-12(10)19-4/h8-9H,6-7H2,1-5H3,(H,17,18). The fourth-order valence-electron chi connectivity index (χ4n) is 1.73.